The molecule has 0 aliphatic heterocycles. The van der Waals surface area contributed by atoms with E-state index in [0.29, 0.717) is 6.04 Å². The predicted octanol–water partition coefficient (Wildman–Crippen LogP) is 5.79. The average Bonchev–Trinajstić information content (AvgIpc) is 2.45. The maximum absolute atomic E-state index is 3.63. The summed E-state index contributed by atoms with van der Waals surface area (Å²) in [6.07, 6.45) is 3.62. The van der Waals surface area contributed by atoms with E-state index in [0.717, 1.165) is 10.9 Å². The lowest BCUT2D eigenvalue weighted by atomic mass is 10.0. The van der Waals surface area contributed by atoms with Crippen molar-refractivity contribution in [2.24, 2.45) is 0 Å². The molecule has 0 aliphatic rings. The Morgan fingerprint density at radius 2 is 1.68 bits per heavy atom. The molecule has 0 amide bonds. The molecule has 19 heavy (non-hydrogen) atoms. The van der Waals surface area contributed by atoms with Crippen molar-refractivity contribution >= 4 is 21.6 Å². The van der Waals surface area contributed by atoms with Gasteiger partial charge in [-0.3, -0.25) is 0 Å². The number of halogens is 1. The normalized spacial score (nSPS) is 12.1. The molecule has 0 heterocycles. The van der Waals surface area contributed by atoms with Gasteiger partial charge in [0.05, 0.1) is 6.04 Å². The molecule has 2 aromatic rings. The van der Waals surface area contributed by atoms with Crippen LogP contribution in [0.4, 0.5) is 5.69 Å². The maximum Gasteiger partial charge on any atom is 0.0513 e. The van der Waals surface area contributed by atoms with E-state index in [1.165, 1.54) is 24.1 Å². The van der Waals surface area contributed by atoms with Crippen LogP contribution in [-0.2, 0) is 0 Å². The molecular formula is C17H20BrN. The van der Waals surface area contributed by atoms with Crippen LogP contribution < -0.4 is 5.32 Å². The van der Waals surface area contributed by atoms with Crippen molar-refractivity contribution < 1.29 is 0 Å². The molecule has 0 aromatic heterocycles. The second-order valence-corrected chi connectivity index (χ2v) is 5.67. The minimum Gasteiger partial charge on any atom is -0.378 e. The van der Waals surface area contributed by atoms with Crippen LogP contribution in [0, 0.1) is 0 Å². The van der Waals surface area contributed by atoms with Gasteiger partial charge in [-0.25, -0.2) is 0 Å². The number of anilines is 1. The van der Waals surface area contributed by atoms with Gasteiger partial charge in [0.2, 0.25) is 0 Å². The zero-order valence-electron chi connectivity index (χ0n) is 11.3. The summed E-state index contributed by atoms with van der Waals surface area (Å²) in [6, 6.07) is 19.4. The monoisotopic (exact) mass is 317 g/mol. The average molecular weight is 318 g/mol. The predicted molar refractivity (Wildman–Crippen MR) is 86.5 cm³/mol. The Kier molecular flexibility index (Phi) is 5.46. The van der Waals surface area contributed by atoms with Crippen molar-refractivity contribution in [1.29, 1.82) is 0 Å². The van der Waals surface area contributed by atoms with Crippen molar-refractivity contribution in [3.05, 3.63) is 64.6 Å². The summed E-state index contributed by atoms with van der Waals surface area (Å²) in [6.45, 7) is 2.24. The van der Waals surface area contributed by atoms with E-state index >= 15 is 0 Å². The van der Waals surface area contributed by atoms with Crippen LogP contribution in [0.15, 0.2) is 59.1 Å². The third-order valence-corrected chi connectivity index (χ3v) is 3.76. The summed E-state index contributed by atoms with van der Waals surface area (Å²) in [5.74, 6) is 0. The molecule has 0 radical (unpaired) electrons. The smallest absolute Gasteiger partial charge is 0.0513 e. The van der Waals surface area contributed by atoms with Crippen molar-refractivity contribution in [1.82, 2.24) is 0 Å². The van der Waals surface area contributed by atoms with Gasteiger partial charge in [0.15, 0.2) is 0 Å². The van der Waals surface area contributed by atoms with Crippen LogP contribution in [0.25, 0.3) is 0 Å². The van der Waals surface area contributed by atoms with Crippen LogP contribution in [-0.4, -0.2) is 0 Å². The van der Waals surface area contributed by atoms with Crippen LogP contribution >= 0.6 is 15.9 Å². The zero-order valence-corrected chi connectivity index (χ0v) is 12.9. The lowest BCUT2D eigenvalue weighted by molar-refractivity contribution is 0.634. The zero-order chi connectivity index (χ0) is 13.5. The van der Waals surface area contributed by atoms with Gasteiger partial charge < -0.3 is 5.32 Å². The largest absolute Gasteiger partial charge is 0.378 e. The maximum atomic E-state index is 3.63. The first-order valence-corrected chi connectivity index (χ1v) is 7.66. The van der Waals surface area contributed by atoms with E-state index in [4.69, 9.17) is 0 Å². The van der Waals surface area contributed by atoms with Crippen LogP contribution in [0.5, 0.6) is 0 Å². The molecule has 2 rings (SSSR count). The molecule has 0 bridgehead atoms. The highest BCUT2D eigenvalue weighted by Gasteiger charge is 2.10. The second kappa shape index (κ2) is 7.34. The number of benzene rings is 2. The fourth-order valence-electron chi connectivity index (χ4n) is 2.16. The fourth-order valence-corrected chi connectivity index (χ4v) is 2.43. The quantitative estimate of drug-likeness (QED) is 0.710. The molecule has 1 nitrogen and oxygen atoms in total. The van der Waals surface area contributed by atoms with E-state index in [2.05, 4.69) is 76.7 Å². The number of unbranched alkanes of at least 4 members (excludes halogenated alkanes) is 1. The van der Waals surface area contributed by atoms with Gasteiger partial charge in [0.25, 0.3) is 0 Å². The van der Waals surface area contributed by atoms with Gasteiger partial charge in [-0.15, -0.1) is 0 Å². The van der Waals surface area contributed by atoms with Gasteiger partial charge in [-0.05, 0) is 36.2 Å². The number of nitrogens with one attached hydrogen (secondary N) is 1. The van der Waals surface area contributed by atoms with Gasteiger partial charge in [-0.1, -0.05) is 66.0 Å². The molecule has 2 heteroatoms. The SMILES string of the molecule is CCCCC(Nc1ccccc1)c1ccc(Br)cc1. The Balaban J connectivity index is 2.13. The summed E-state index contributed by atoms with van der Waals surface area (Å²) in [5, 5.41) is 3.63. The van der Waals surface area contributed by atoms with Crippen molar-refractivity contribution in [2.75, 3.05) is 5.32 Å². The number of para-hydroxylation sites is 1. The van der Waals surface area contributed by atoms with E-state index < -0.39 is 0 Å². The Labute approximate surface area is 124 Å². The minimum absolute atomic E-state index is 0.385. The molecule has 0 fully saturated rings. The summed E-state index contributed by atoms with van der Waals surface area (Å²) < 4.78 is 1.13. The molecule has 0 aliphatic carbocycles. The lowest BCUT2D eigenvalue weighted by Crippen LogP contribution is -2.10. The standard InChI is InChI=1S/C17H20BrN/c1-2-3-9-17(14-10-12-15(18)13-11-14)19-16-7-5-4-6-8-16/h4-8,10-13,17,19H,2-3,9H2,1H3. The third kappa shape index (κ3) is 4.39. The number of hydrogen-bond acceptors (Lipinski definition) is 1. The fraction of sp³-hybridized carbons (Fsp3) is 0.294. The molecular weight excluding hydrogens is 298 g/mol. The van der Waals surface area contributed by atoms with Gasteiger partial charge >= 0.3 is 0 Å². The molecule has 1 unspecified atom stereocenters. The highest BCUT2D eigenvalue weighted by atomic mass is 79.9. The topological polar surface area (TPSA) is 12.0 Å². The first-order valence-electron chi connectivity index (χ1n) is 6.86. The Morgan fingerprint density at radius 1 is 1.00 bits per heavy atom. The Morgan fingerprint density at radius 3 is 2.32 bits per heavy atom. The molecule has 0 spiro atoms. The molecule has 1 atom stereocenters. The van der Waals surface area contributed by atoms with Crippen molar-refractivity contribution in [3.8, 4) is 0 Å². The van der Waals surface area contributed by atoms with E-state index in [1.807, 2.05) is 6.07 Å². The summed E-state index contributed by atoms with van der Waals surface area (Å²) in [5.41, 5.74) is 2.53. The first-order chi connectivity index (χ1) is 9.29. The van der Waals surface area contributed by atoms with E-state index in [-0.39, 0.29) is 0 Å². The van der Waals surface area contributed by atoms with Crippen LogP contribution in [0.3, 0.4) is 0 Å². The van der Waals surface area contributed by atoms with Gasteiger partial charge in [0, 0.05) is 10.2 Å². The summed E-state index contributed by atoms with van der Waals surface area (Å²) >= 11 is 3.49. The Bertz CT molecular complexity index is 478. The summed E-state index contributed by atoms with van der Waals surface area (Å²) in [7, 11) is 0. The van der Waals surface area contributed by atoms with Crippen LogP contribution in [0.1, 0.15) is 37.8 Å². The molecule has 100 valence electrons. The lowest BCUT2D eigenvalue weighted by Gasteiger charge is -2.20. The van der Waals surface area contributed by atoms with Crippen molar-refractivity contribution in [2.45, 2.75) is 32.2 Å². The van der Waals surface area contributed by atoms with Gasteiger partial charge in [0.1, 0.15) is 0 Å². The molecule has 0 saturated carbocycles. The van der Waals surface area contributed by atoms with E-state index in [9.17, 15) is 0 Å². The number of hydrogen-bond donors (Lipinski definition) is 1. The Hall–Kier alpha value is -1.28. The van der Waals surface area contributed by atoms with Crippen LogP contribution in [0.2, 0.25) is 0 Å². The summed E-state index contributed by atoms with van der Waals surface area (Å²) in [4.78, 5) is 0. The van der Waals surface area contributed by atoms with Gasteiger partial charge in [-0.2, -0.15) is 0 Å². The molecule has 0 saturated heterocycles. The highest BCUT2D eigenvalue weighted by molar-refractivity contribution is 9.10. The van der Waals surface area contributed by atoms with E-state index in [1.54, 1.807) is 0 Å². The second-order valence-electron chi connectivity index (χ2n) is 4.76. The van der Waals surface area contributed by atoms with Crippen molar-refractivity contribution in [3.63, 3.8) is 0 Å². The molecule has 1 N–H and O–H groups in total. The molecule has 2 aromatic carbocycles. The number of rotatable bonds is 6. The third-order valence-electron chi connectivity index (χ3n) is 3.23. The minimum atomic E-state index is 0.385. The highest BCUT2D eigenvalue weighted by Crippen LogP contribution is 2.25. The first kappa shape index (κ1) is 14.1.